The molecule has 0 atom stereocenters. The van der Waals surface area contributed by atoms with Crippen LogP contribution in [0.15, 0.2) is 42.5 Å². The predicted octanol–water partition coefficient (Wildman–Crippen LogP) is 3.33. The normalized spacial score (nSPS) is 16.7. The highest BCUT2D eigenvalue weighted by Crippen LogP contribution is 2.29. The molecule has 1 fully saturated rings. The fourth-order valence-corrected chi connectivity index (χ4v) is 4.20. The number of hydrogen-bond donors (Lipinski definition) is 1. The van der Waals surface area contributed by atoms with Gasteiger partial charge in [0.25, 0.3) is 0 Å². The molecule has 1 amide bonds. The number of hydrogen-bond acceptors (Lipinski definition) is 4. The molecule has 0 unspecified atom stereocenters. The number of para-hydroxylation sites is 2. The monoisotopic (exact) mass is 379 g/mol. The number of carbonyl (C=O) groups is 1. The summed E-state index contributed by atoms with van der Waals surface area (Å²) >= 11 is 0. The summed E-state index contributed by atoms with van der Waals surface area (Å²) in [5.74, 6) is 1.01. The van der Waals surface area contributed by atoms with E-state index in [9.17, 15) is 4.79 Å². The van der Waals surface area contributed by atoms with Crippen molar-refractivity contribution in [2.24, 2.45) is 0 Å². The Kier molecular flexibility index (Phi) is 5.81. The van der Waals surface area contributed by atoms with Crippen molar-refractivity contribution in [2.75, 3.05) is 49.5 Å². The molecule has 2 aliphatic rings. The van der Waals surface area contributed by atoms with Gasteiger partial charge in [0.15, 0.2) is 0 Å². The van der Waals surface area contributed by atoms with Crippen LogP contribution in [0.25, 0.3) is 0 Å². The van der Waals surface area contributed by atoms with Gasteiger partial charge in [-0.25, -0.2) is 0 Å². The van der Waals surface area contributed by atoms with Crippen molar-refractivity contribution < 1.29 is 9.53 Å². The van der Waals surface area contributed by atoms with Crippen LogP contribution < -0.4 is 15.0 Å². The van der Waals surface area contributed by atoms with Gasteiger partial charge >= 0.3 is 0 Å². The Morgan fingerprint density at radius 2 is 1.82 bits per heavy atom. The molecule has 0 bridgehead atoms. The molecule has 1 N–H and O–H groups in total. The van der Waals surface area contributed by atoms with E-state index >= 15 is 0 Å². The molecule has 4 rings (SSSR count). The van der Waals surface area contributed by atoms with E-state index in [0.29, 0.717) is 13.2 Å². The first-order valence-electron chi connectivity index (χ1n) is 10.3. The molecule has 148 valence electrons. The van der Waals surface area contributed by atoms with E-state index in [4.69, 9.17) is 4.74 Å². The molecule has 0 saturated carbocycles. The lowest BCUT2D eigenvalue weighted by molar-refractivity contribution is -0.117. The molecule has 0 spiro atoms. The van der Waals surface area contributed by atoms with Crippen LogP contribution in [0.4, 0.5) is 11.4 Å². The smallest absolute Gasteiger partial charge is 0.238 e. The van der Waals surface area contributed by atoms with Crippen LogP contribution in [0.5, 0.6) is 5.75 Å². The number of aryl methyl sites for hydroxylation is 2. The van der Waals surface area contributed by atoms with Gasteiger partial charge in [0.2, 0.25) is 5.91 Å². The van der Waals surface area contributed by atoms with Crippen LogP contribution in [0.3, 0.4) is 0 Å². The molecule has 1 saturated heterocycles. The zero-order valence-electron chi connectivity index (χ0n) is 16.6. The Morgan fingerprint density at radius 1 is 1.04 bits per heavy atom. The standard InChI is InChI=1S/C23H29N3O2/c1-2-28-22-9-4-3-8-21(22)26-14-12-25(13-15-26)17-23(27)24-20-11-10-18-6-5-7-19(18)16-20/h3-4,8-11,16H,2,5-7,12-15,17H2,1H3,(H,24,27). The van der Waals surface area contributed by atoms with Crippen LogP contribution in [-0.2, 0) is 17.6 Å². The van der Waals surface area contributed by atoms with Crippen LogP contribution in [0.2, 0.25) is 0 Å². The molecule has 1 heterocycles. The van der Waals surface area contributed by atoms with Crippen molar-refractivity contribution in [1.29, 1.82) is 0 Å². The highest BCUT2D eigenvalue weighted by Gasteiger charge is 2.21. The summed E-state index contributed by atoms with van der Waals surface area (Å²) in [5.41, 5.74) is 4.89. The maximum absolute atomic E-state index is 12.5. The molecule has 1 aliphatic carbocycles. The van der Waals surface area contributed by atoms with E-state index in [1.165, 1.54) is 24.0 Å². The molecule has 5 heteroatoms. The van der Waals surface area contributed by atoms with Gasteiger partial charge in [0.05, 0.1) is 18.8 Å². The number of rotatable bonds is 6. The maximum Gasteiger partial charge on any atom is 0.238 e. The third-order valence-electron chi connectivity index (χ3n) is 5.63. The number of benzene rings is 2. The topological polar surface area (TPSA) is 44.8 Å². The second-order valence-electron chi connectivity index (χ2n) is 7.55. The largest absolute Gasteiger partial charge is 0.492 e. The summed E-state index contributed by atoms with van der Waals surface area (Å²) in [6, 6.07) is 14.5. The van der Waals surface area contributed by atoms with Crippen LogP contribution in [-0.4, -0.2) is 50.1 Å². The van der Waals surface area contributed by atoms with Gasteiger partial charge in [-0.15, -0.1) is 0 Å². The number of piperazine rings is 1. The van der Waals surface area contributed by atoms with Gasteiger partial charge in [0.1, 0.15) is 5.75 Å². The third kappa shape index (κ3) is 4.30. The second kappa shape index (κ2) is 8.65. The lowest BCUT2D eigenvalue weighted by Crippen LogP contribution is -2.48. The van der Waals surface area contributed by atoms with E-state index in [0.717, 1.165) is 49.7 Å². The summed E-state index contributed by atoms with van der Waals surface area (Å²) < 4.78 is 5.76. The van der Waals surface area contributed by atoms with Crippen LogP contribution >= 0.6 is 0 Å². The summed E-state index contributed by atoms with van der Waals surface area (Å²) in [4.78, 5) is 17.1. The van der Waals surface area contributed by atoms with Gasteiger partial charge in [0, 0.05) is 31.9 Å². The first-order chi connectivity index (χ1) is 13.7. The molecule has 2 aromatic rings. The number of ether oxygens (including phenoxy) is 1. The SMILES string of the molecule is CCOc1ccccc1N1CCN(CC(=O)Nc2ccc3c(c2)CCC3)CC1. The highest BCUT2D eigenvalue weighted by molar-refractivity contribution is 5.92. The molecule has 2 aromatic carbocycles. The number of amides is 1. The predicted molar refractivity (Wildman–Crippen MR) is 113 cm³/mol. The van der Waals surface area contributed by atoms with Crippen molar-refractivity contribution in [1.82, 2.24) is 4.90 Å². The quantitative estimate of drug-likeness (QED) is 0.836. The van der Waals surface area contributed by atoms with Crippen molar-refractivity contribution in [3.8, 4) is 5.75 Å². The van der Waals surface area contributed by atoms with E-state index in [2.05, 4.69) is 33.3 Å². The van der Waals surface area contributed by atoms with Gasteiger partial charge in [-0.3, -0.25) is 9.69 Å². The van der Waals surface area contributed by atoms with Crippen molar-refractivity contribution >= 4 is 17.3 Å². The van der Waals surface area contributed by atoms with Crippen LogP contribution in [0, 0.1) is 0 Å². The van der Waals surface area contributed by atoms with E-state index in [-0.39, 0.29) is 5.91 Å². The Balaban J connectivity index is 1.29. The Bertz CT molecular complexity index is 828. The van der Waals surface area contributed by atoms with Gasteiger partial charge in [-0.2, -0.15) is 0 Å². The molecule has 0 aromatic heterocycles. The highest BCUT2D eigenvalue weighted by atomic mass is 16.5. The fraction of sp³-hybridized carbons (Fsp3) is 0.435. The van der Waals surface area contributed by atoms with Crippen molar-refractivity contribution in [3.63, 3.8) is 0 Å². The maximum atomic E-state index is 12.5. The third-order valence-corrected chi connectivity index (χ3v) is 5.63. The summed E-state index contributed by atoms with van der Waals surface area (Å²) in [5, 5.41) is 3.07. The lowest BCUT2D eigenvalue weighted by Gasteiger charge is -2.36. The summed E-state index contributed by atoms with van der Waals surface area (Å²) in [7, 11) is 0. The van der Waals surface area contributed by atoms with E-state index < -0.39 is 0 Å². The number of fused-ring (bicyclic) bond motifs is 1. The Morgan fingerprint density at radius 3 is 2.64 bits per heavy atom. The fourth-order valence-electron chi connectivity index (χ4n) is 4.20. The van der Waals surface area contributed by atoms with Crippen LogP contribution in [0.1, 0.15) is 24.5 Å². The van der Waals surface area contributed by atoms with E-state index in [1.54, 1.807) is 0 Å². The zero-order chi connectivity index (χ0) is 19.3. The molecule has 28 heavy (non-hydrogen) atoms. The second-order valence-corrected chi connectivity index (χ2v) is 7.55. The number of nitrogens with one attached hydrogen (secondary N) is 1. The Labute approximate surface area is 167 Å². The van der Waals surface area contributed by atoms with Crippen molar-refractivity contribution in [2.45, 2.75) is 26.2 Å². The minimum atomic E-state index is 0.0705. The van der Waals surface area contributed by atoms with E-state index in [1.807, 2.05) is 31.2 Å². The van der Waals surface area contributed by atoms with Gasteiger partial charge < -0.3 is 15.0 Å². The van der Waals surface area contributed by atoms with Gasteiger partial charge in [-0.1, -0.05) is 18.2 Å². The van der Waals surface area contributed by atoms with Gasteiger partial charge in [-0.05, 0) is 61.6 Å². The minimum Gasteiger partial charge on any atom is -0.492 e. The number of nitrogens with zero attached hydrogens (tertiary/aromatic N) is 2. The Hall–Kier alpha value is -2.53. The molecular formula is C23H29N3O2. The minimum absolute atomic E-state index is 0.0705. The summed E-state index contributed by atoms with van der Waals surface area (Å²) in [6.45, 7) is 6.66. The molecular weight excluding hydrogens is 350 g/mol. The average molecular weight is 380 g/mol. The first kappa shape index (κ1) is 18.8. The zero-order valence-corrected chi connectivity index (χ0v) is 16.6. The summed E-state index contributed by atoms with van der Waals surface area (Å²) in [6.07, 6.45) is 3.52. The molecule has 5 nitrogen and oxygen atoms in total. The number of anilines is 2. The molecule has 1 aliphatic heterocycles. The number of carbonyl (C=O) groups excluding carboxylic acids is 1. The van der Waals surface area contributed by atoms with Crippen molar-refractivity contribution in [3.05, 3.63) is 53.6 Å². The lowest BCUT2D eigenvalue weighted by atomic mass is 10.1. The first-order valence-corrected chi connectivity index (χ1v) is 10.3. The average Bonchev–Trinajstić information content (AvgIpc) is 3.17. The molecule has 0 radical (unpaired) electrons.